The third-order valence-electron chi connectivity index (χ3n) is 3.00. The molecule has 1 aromatic carbocycles. The summed E-state index contributed by atoms with van der Waals surface area (Å²) >= 11 is 0. The molecule has 0 atom stereocenters. The Morgan fingerprint density at radius 1 is 1.18 bits per heavy atom. The van der Waals surface area contributed by atoms with E-state index in [1.807, 2.05) is 24.3 Å². The van der Waals surface area contributed by atoms with Gasteiger partial charge in [0.2, 0.25) is 0 Å². The lowest BCUT2D eigenvalue weighted by atomic mass is 10.1. The van der Waals surface area contributed by atoms with E-state index in [2.05, 4.69) is 0 Å². The monoisotopic (exact) mass is 232 g/mol. The molecule has 0 spiro atoms. The van der Waals surface area contributed by atoms with Crippen LogP contribution in [0, 0.1) is 0 Å². The van der Waals surface area contributed by atoms with Crippen LogP contribution < -0.4 is 4.74 Å². The molecule has 0 N–H and O–H groups in total. The van der Waals surface area contributed by atoms with Gasteiger partial charge in [-0.3, -0.25) is 4.79 Å². The highest BCUT2D eigenvalue weighted by Crippen LogP contribution is 2.33. The van der Waals surface area contributed by atoms with Crippen molar-refractivity contribution in [1.29, 1.82) is 0 Å². The Morgan fingerprint density at radius 3 is 2.53 bits per heavy atom. The first-order valence-corrected chi connectivity index (χ1v) is 5.71. The number of rotatable bonds is 3. The highest BCUT2D eigenvalue weighted by molar-refractivity contribution is 6.03. The summed E-state index contributed by atoms with van der Waals surface area (Å²) in [5.41, 5.74) is 1.64. The Kier molecular flexibility index (Phi) is 3.47. The van der Waals surface area contributed by atoms with Gasteiger partial charge in [0, 0.05) is 12.0 Å². The summed E-state index contributed by atoms with van der Waals surface area (Å²) in [6.07, 6.45) is 2.33. The Labute approximate surface area is 101 Å². The zero-order valence-electron chi connectivity index (χ0n) is 10.2. The minimum atomic E-state index is 0.188. The lowest BCUT2D eigenvalue weighted by Crippen LogP contribution is -2.01. The Morgan fingerprint density at radius 2 is 1.94 bits per heavy atom. The molecule has 0 heterocycles. The van der Waals surface area contributed by atoms with E-state index in [9.17, 15) is 4.79 Å². The van der Waals surface area contributed by atoms with Gasteiger partial charge in [0.05, 0.1) is 19.8 Å². The lowest BCUT2D eigenvalue weighted by Gasteiger charge is -2.13. The fraction of sp³-hybridized carbons (Fsp3) is 0.357. The predicted molar refractivity (Wildman–Crippen MR) is 65.8 cm³/mol. The molecule has 90 valence electrons. The molecule has 0 bridgehead atoms. The molecular formula is C14H16O3. The number of carbonyl (C=O) groups is 1. The number of methoxy groups -OCH3 is 2. The van der Waals surface area contributed by atoms with Crippen LogP contribution in [-0.2, 0) is 9.53 Å². The molecule has 0 unspecified atom stereocenters. The molecule has 3 nitrogen and oxygen atoms in total. The maximum Gasteiger partial charge on any atom is 0.162 e. The fourth-order valence-corrected chi connectivity index (χ4v) is 2.18. The van der Waals surface area contributed by atoms with Crippen molar-refractivity contribution in [3.8, 4) is 5.75 Å². The Hall–Kier alpha value is -1.77. The highest BCUT2D eigenvalue weighted by atomic mass is 16.5. The molecule has 0 radical (unpaired) electrons. The second kappa shape index (κ2) is 5.04. The maximum atomic E-state index is 11.8. The number of ether oxygens (including phenoxy) is 2. The van der Waals surface area contributed by atoms with Crippen LogP contribution >= 0.6 is 0 Å². The van der Waals surface area contributed by atoms with E-state index in [1.165, 1.54) is 0 Å². The Balaban J connectivity index is 2.52. The van der Waals surface area contributed by atoms with Crippen LogP contribution in [0.25, 0.3) is 5.76 Å². The first kappa shape index (κ1) is 11.7. The number of benzene rings is 1. The largest absolute Gasteiger partial charge is 0.496 e. The van der Waals surface area contributed by atoms with Crippen molar-refractivity contribution in [2.45, 2.75) is 19.3 Å². The van der Waals surface area contributed by atoms with Crippen molar-refractivity contribution in [1.82, 2.24) is 0 Å². The van der Waals surface area contributed by atoms with Crippen molar-refractivity contribution in [2.24, 2.45) is 0 Å². The molecule has 3 heteroatoms. The average Bonchev–Trinajstić information content (AvgIpc) is 2.78. The number of hydrogen-bond acceptors (Lipinski definition) is 3. The molecule has 0 aliphatic heterocycles. The third kappa shape index (κ3) is 2.18. The summed E-state index contributed by atoms with van der Waals surface area (Å²) in [4.78, 5) is 11.8. The van der Waals surface area contributed by atoms with E-state index < -0.39 is 0 Å². The standard InChI is InChI=1S/C14H16O3/c1-16-13-9-4-3-6-11(13)14(17-2)10-7-5-8-12(10)15/h3-4,6,9H,5,7-8H2,1-2H3. The van der Waals surface area contributed by atoms with Crippen LogP contribution in [-0.4, -0.2) is 20.0 Å². The van der Waals surface area contributed by atoms with Gasteiger partial charge in [-0.2, -0.15) is 0 Å². The summed E-state index contributed by atoms with van der Waals surface area (Å²) in [5.74, 6) is 1.58. The Bertz CT molecular complexity index is 460. The first-order chi connectivity index (χ1) is 8.27. The van der Waals surface area contributed by atoms with Gasteiger partial charge in [-0.1, -0.05) is 12.1 Å². The van der Waals surface area contributed by atoms with Crippen LogP contribution in [0.3, 0.4) is 0 Å². The van der Waals surface area contributed by atoms with Crippen LogP contribution in [0.1, 0.15) is 24.8 Å². The van der Waals surface area contributed by atoms with E-state index in [-0.39, 0.29) is 5.78 Å². The molecule has 0 amide bonds. The van der Waals surface area contributed by atoms with Gasteiger partial charge in [-0.25, -0.2) is 0 Å². The minimum Gasteiger partial charge on any atom is -0.496 e. The zero-order valence-corrected chi connectivity index (χ0v) is 10.2. The van der Waals surface area contributed by atoms with Gasteiger partial charge in [-0.15, -0.1) is 0 Å². The van der Waals surface area contributed by atoms with Gasteiger partial charge >= 0.3 is 0 Å². The average molecular weight is 232 g/mol. The second-order valence-corrected chi connectivity index (χ2v) is 3.99. The molecule has 1 aliphatic carbocycles. The highest BCUT2D eigenvalue weighted by Gasteiger charge is 2.24. The number of para-hydroxylation sites is 1. The SMILES string of the molecule is COC(=C1CCCC1=O)c1ccccc1OC. The molecule has 17 heavy (non-hydrogen) atoms. The van der Waals surface area contributed by atoms with Gasteiger partial charge in [0.15, 0.2) is 5.78 Å². The summed E-state index contributed by atoms with van der Waals surface area (Å²) < 4.78 is 10.7. The van der Waals surface area contributed by atoms with Crippen molar-refractivity contribution < 1.29 is 14.3 Å². The van der Waals surface area contributed by atoms with Crippen molar-refractivity contribution in [2.75, 3.05) is 14.2 Å². The smallest absolute Gasteiger partial charge is 0.162 e. The molecule has 2 rings (SSSR count). The van der Waals surface area contributed by atoms with Gasteiger partial charge in [-0.05, 0) is 25.0 Å². The van der Waals surface area contributed by atoms with Crippen LogP contribution in [0.2, 0.25) is 0 Å². The molecule has 0 saturated heterocycles. The summed E-state index contributed by atoms with van der Waals surface area (Å²) in [5, 5.41) is 0. The molecule has 1 fully saturated rings. The first-order valence-electron chi connectivity index (χ1n) is 5.71. The molecule has 1 aromatic rings. The topological polar surface area (TPSA) is 35.5 Å². The number of hydrogen-bond donors (Lipinski definition) is 0. The normalized spacial score (nSPS) is 18.1. The van der Waals surface area contributed by atoms with E-state index >= 15 is 0 Å². The van der Waals surface area contributed by atoms with E-state index in [0.717, 1.165) is 29.7 Å². The fourth-order valence-electron chi connectivity index (χ4n) is 2.18. The van der Waals surface area contributed by atoms with Crippen LogP contribution in [0.15, 0.2) is 29.8 Å². The summed E-state index contributed by atoms with van der Waals surface area (Å²) in [6, 6.07) is 7.60. The maximum absolute atomic E-state index is 11.8. The van der Waals surface area contributed by atoms with E-state index in [4.69, 9.17) is 9.47 Å². The number of Topliss-reactive ketones (excluding diaryl/α,β-unsaturated/α-hetero) is 1. The van der Waals surface area contributed by atoms with Gasteiger partial charge in [0.25, 0.3) is 0 Å². The van der Waals surface area contributed by atoms with Crippen LogP contribution in [0.5, 0.6) is 5.75 Å². The molecule has 0 aromatic heterocycles. The lowest BCUT2D eigenvalue weighted by molar-refractivity contribution is -0.114. The summed E-state index contributed by atoms with van der Waals surface area (Å²) in [6.45, 7) is 0. The minimum absolute atomic E-state index is 0.188. The van der Waals surface area contributed by atoms with Crippen molar-refractivity contribution >= 4 is 11.5 Å². The second-order valence-electron chi connectivity index (χ2n) is 3.99. The van der Waals surface area contributed by atoms with Crippen LogP contribution in [0.4, 0.5) is 0 Å². The quantitative estimate of drug-likeness (QED) is 0.594. The van der Waals surface area contributed by atoms with Gasteiger partial charge < -0.3 is 9.47 Å². The van der Waals surface area contributed by atoms with Crippen molar-refractivity contribution in [3.63, 3.8) is 0 Å². The molecule has 1 aliphatic rings. The van der Waals surface area contributed by atoms with E-state index in [1.54, 1.807) is 14.2 Å². The van der Waals surface area contributed by atoms with Gasteiger partial charge in [0.1, 0.15) is 11.5 Å². The molecular weight excluding hydrogens is 216 g/mol. The molecule has 1 saturated carbocycles. The zero-order chi connectivity index (χ0) is 12.3. The number of ketones is 1. The third-order valence-corrected chi connectivity index (χ3v) is 3.00. The van der Waals surface area contributed by atoms with Crippen molar-refractivity contribution in [3.05, 3.63) is 35.4 Å². The number of carbonyl (C=O) groups excluding carboxylic acids is 1. The number of allylic oxidation sites excluding steroid dienone is 1. The summed E-state index contributed by atoms with van der Waals surface area (Å²) in [7, 11) is 3.22. The predicted octanol–water partition coefficient (Wildman–Crippen LogP) is 2.81. The van der Waals surface area contributed by atoms with E-state index in [0.29, 0.717) is 12.2 Å².